The van der Waals surface area contributed by atoms with E-state index in [1.807, 2.05) is 60.7 Å². The van der Waals surface area contributed by atoms with Crippen molar-refractivity contribution in [3.63, 3.8) is 0 Å². The fraction of sp³-hybridized carbons (Fsp3) is 0.242. The molecule has 1 atom stereocenters. The van der Waals surface area contributed by atoms with Gasteiger partial charge in [0.15, 0.2) is 16.3 Å². The Hall–Kier alpha value is -4.63. The maximum Gasteiger partial charge on any atom is 0.338 e. The van der Waals surface area contributed by atoms with E-state index in [0.717, 1.165) is 24.2 Å². The minimum absolute atomic E-state index is 0.119. The van der Waals surface area contributed by atoms with Crippen molar-refractivity contribution in [2.75, 3.05) is 31.4 Å². The quantitative estimate of drug-likeness (QED) is 0.318. The third kappa shape index (κ3) is 4.69. The van der Waals surface area contributed by atoms with Crippen LogP contribution in [0, 0.1) is 0 Å². The summed E-state index contributed by atoms with van der Waals surface area (Å²) in [6, 6.07) is 22.5. The second kappa shape index (κ2) is 11.0. The number of ether oxygens (including phenoxy) is 3. The van der Waals surface area contributed by atoms with E-state index < -0.39 is 12.0 Å². The number of hydrogen-bond acceptors (Lipinski definition) is 8. The van der Waals surface area contributed by atoms with Crippen molar-refractivity contribution in [3.8, 4) is 11.5 Å². The van der Waals surface area contributed by atoms with Crippen LogP contribution in [0.25, 0.3) is 11.8 Å². The molecule has 7 rings (SSSR count). The molecule has 0 N–H and O–H groups in total. The molecule has 1 saturated heterocycles. The standard InChI is InChI=1S/C33H29N3O5S/c1-2-39-32(38)28-29(22-8-4-3-5-9-22)34-33-36(30(28)23-12-15-25-26(19-23)41-20-40-25)31(37)27(42-33)18-21-10-13-24(14-11-21)35-16-6-7-17-35/h3-5,8-15,18-19,30H,2,6-7,16-17,20H2,1H3/b27-18+/t30-/m0/s1. The van der Waals surface area contributed by atoms with Crippen LogP contribution >= 0.6 is 11.3 Å². The summed E-state index contributed by atoms with van der Waals surface area (Å²) >= 11 is 1.31. The first kappa shape index (κ1) is 26.3. The Bertz CT molecular complexity index is 1870. The van der Waals surface area contributed by atoms with Gasteiger partial charge in [0.2, 0.25) is 6.79 Å². The number of carbonyl (C=O) groups excluding carboxylic acids is 1. The highest BCUT2D eigenvalue weighted by atomic mass is 32.1. The van der Waals surface area contributed by atoms with Crippen molar-refractivity contribution in [1.29, 1.82) is 0 Å². The number of thiazole rings is 1. The van der Waals surface area contributed by atoms with Crippen molar-refractivity contribution in [2.45, 2.75) is 25.8 Å². The molecule has 8 nitrogen and oxygen atoms in total. The molecular weight excluding hydrogens is 550 g/mol. The first-order valence-corrected chi connectivity index (χ1v) is 15.0. The fourth-order valence-electron chi connectivity index (χ4n) is 5.75. The van der Waals surface area contributed by atoms with Gasteiger partial charge in [0.05, 0.1) is 28.5 Å². The van der Waals surface area contributed by atoms with Gasteiger partial charge in [-0.3, -0.25) is 9.36 Å². The Balaban J connectivity index is 1.42. The van der Waals surface area contributed by atoms with Gasteiger partial charge < -0.3 is 19.1 Å². The molecular formula is C33H29N3O5S. The summed E-state index contributed by atoms with van der Waals surface area (Å²) in [5.41, 5.74) is 4.15. The normalized spacial score (nSPS) is 17.8. The predicted molar refractivity (Wildman–Crippen MR) is 162 cm³/mol. The van der Waals surface area contributed by atoms with Gasteiger partial charge in [0.25, 0.3) is 5.56 Å². The van der Waals surface area contributed by atoms with Crippen LogP contribution in [0.15, 0.2) is 88.2 Å². The van der Waals surface area contributed by atoms with Gasteiger partial charge in [-0.15, -0.1) is 0 Å². The first-order valence-electron chi connectivity index (χ1n) is 14.1. The monoisotopic (exact) mass is 579 g/mol. The number of aromatic nitrogens is 1. The second-order valence-corrected chi connectivity index (χ2v) is 11.3. The molecule has 42 heavy (non-hydrogen) atoms. The van der Waals surface area contributed by atoms with E-state index in [-0.39, 0.29) is 19.0 Å². The lowest BCUT2D eigenvalue weighted by Crippen LogP contribution is -2.40. The smallest absolute Gasteiger partial charge is 0.338 e. The molecule has 3 aliphatic rings. The molecule has 0 bridgehead atoms. The van der Waals surface area contributed by atoms with Crippen molar-refractivity contribution < 1.29 is 19.0 Å². The topological polar surface area (TPSA) is 82.4 Å². The van der Waals surface area contributed by atoms with Crippen molar-refractivity contribution >= 4 is 34.8 Å². The molecule has 0 amide bonds. The summed E-state index contributed by atoms with van der Waals surface area (Å²) in [7, 11) is 0. The molecule has 4 heterocycles. The highest BCUT2D eigenvalue weighted by molar-refractivity contribution is 7.07. The molecule has 212 valence electrons. The number of nitrogens with zero attached hydrogens (tertiary/aromatic N) is 3. The first-order chi connectivity index (χ1) is 20.6. The number of benzene rings is 3. The molecule has 1 fully saturated rings. The summed E-state index contributed by atoms with van der Waals surface area (Å²) in [4.78, 5) is 35.6. The van der Waals surface area contributed by atoms with Crippen molar-refractivity contribution in [3.05, 3.63) is 115 Å². The number of carbonyl (C=O) groups is 1. The Morgan fingerprint density at radius 3 is 2.55 bits per heavy atom. The summed E-state index contributed by atoms with van der Waals surface area (Å²) in [6.45, 7) is 4.22. The lowest BCUT2D eigenvalue weighted by molar-refractivity contribution is -0.138. The second-order valence-electron chi connectivity index (χ2n) is 10.3. The van der Waals surface area contributed by atoms with Crippen LogP contribution in [0.5, 0.6) is 11.5 Å². The molecule has 3 aliphatic heterocycles. The molecule has 4 aromatic rings. The molecule has 0 unspecified atom stereocenters. The van der Waals surface area contributed by atoms with E-state index in [1.54, 1.807) is 17.6 Å². The number of fused-ring (bicyclic) bond motifs is 2. The van der Waals surface area contributed by atoms with Gasteiger partial charge in [-0.2, -0.15) is 0 Å². The lowest BCUT2D eigenvalue weighted by atomic mass is 9.93. The Morgan fingerprint density at radius 1 is 1.02 bits per heavy atom. The fourth-order valence-corrected chi connectivity index (χ4v) is 6.75. The molecule has 0 spiro atoms. The highest BCUT2D eigenvalue weighted by Gasteiger charge is 2.36. The highest BCUT2D eigenvalue weighted by Crippen LogP contribution is 2.40. The minimum atomic E-state index is -0.773. The zero-order valence-corrected chi connectivity index (χ0v) is 23.9. The Morgan fingerprint density at radius 2 is 1.79 bits per heavy atom. The molecule has 0 saturated carbocycles. The van der Waals surface area contributed by atoms with Crippen molar-refractivity contribution in [1.82, 2.24) is 4.57 Å². The van der Waals surface area contributed by atoms with Crippen LogP contribution in [-0.2, 0) is 9.53 Å². The summed E-state index contributed by atoms with van der Waals surface area (Å²) in [5, 5.41) is 0. The van der Waals surface area contributed by atoms with Crippen LogP contribution in [0.1, 0.15) is 42.5 Å². The number of hydrogen-bond donors (Lipinski definition) is 0. The van der Waals surface area contributed by atoms with Crippen LogP contribution in [0.2, 0.25) is 0 Å². The SMILES string of the molecule is CCOC(=O)C1=C(c2ccccc2)N=c2s/c(=C/c3ccc(N4CCCC4)cc3)c(=O)n2[C@H]1c1ccc2c(c1)OCO2. The van der Waals surface area contributed by atoms with Gasteiger partial charge in [-0.1, -0.05) is 59.9 Å². The van der Waals surface area contributed by atoms with Crippen LogP contribution < -0.4 is 29.3 Å². The Kier molecular flexibility index (Phi) is 6.87. The molecule has 1 aromatic heterocycles. The van der Waals surface area contributed by atoms with Crippen molar-refractivity contribution in [2.24, 2.45) is 4.99 Å². The zero-order chi connectivity index (χ0) is 28.6. The van der Waals surface area contributed by atoms with Gasteiger partial charge in [-0.25, -0.2) is 9.79 Å². The van der Waals surface area contributed by atoms with E-state index in [2.05, 4.69) is 17.0 Å². The Labute approximate surface area is 246 Å². The van der Waals surface area contributed by atoms with E-state index in [0.29, 0.717) is 37.7 Å². The maximum atomic E-state index is 14.1. The third-order valence-electron chi connectivity index (χ3n) is 7.75. The summed E-state index contributed by atoms with van der Waals surface area (Å²) in [6.07, 6.45) is 4.32. The maximum absolute atomic E-state index is 14.1. The van der Waals surface area contributed by atoms with Gasteiger partial charge in [0.1, 0.15) is 0 Å². The van der Waals surface area contributed by atoms with E-state index in [1.165, 1.54) is 29.9 Å². The third-order valence-corrected chi connectivity index (χ3v) is 8.73. The molecule has 9 heteroatoms. The van der Waals surface area contributed by atoms with E-state index >= 15 is 0 Å². The van der Waals surface area contributed by atoms with E-state index in [9.17, 15) is 9.59 Å². The predicted octanol–water partition coefficient (Wildman–Crippen LogP) is 4.26. The van der Waals surface area contributed by atoms with Gasteiger partial charge in [-0.05, 0) is 61.2 Å². The average molecular weight is 580 g/mol. The minimum Gasteiger partial charge on any atom is -0.463 e. The molecule has 3 aromatic carbocycles. The summed E-state index contributed by atoms with van der Waals surface area (Å²) < 4.78 is 18.9. The molecule has 0 aliphatic carbocycles. The van der Waals surface area contributed by atoms with Gasteiger partial charge in [0, 0.05) is 24.3 Å². The number of anilines is 1. The largest absolute Gasteiger partial charge is 0.463 e. The molecule has 0 radical (unpaired) electrons. The lowest BCUT2D eigenvalue weighted by Gasteiger charge is -2.26. The number of rotatable bonds is 6. The van der Waals surface area contributed by atoms with Gasteiger partial charge >= 0.3 is 5.97 Å². The van der Waals surface area contributed by atoms with Crippen LogP contribution in [-0.4, -0.2) is 37.0 Å². The average Bonchev–Trinajstić information content (AvgIpc) is 3.78. The zero-order valence-electron chi connectivity index (χ0n) is 23.1. The summed E-state index contributed by atoms with van der Waals surface area (Å²) in [5.74, 6) is 0.664. The van der Waals surface area contributed by atoms with Crippen LogP contribution in [0.3, 0.4) is 0 Å². The van der Waals surface area contributed by atoms with Crippen LogP contribution in [0.4, 0.5) is 5.69 Å². The number of esters is 1. The van der Waals surface area contributed by atoms with E-state index in [4.69, 9.17) is 19.2 Å².